The van der Waals surface area contributed by atoms with Gasteiger partial charge in [-0.05, 0) is 50.1 Å². The fourth-order valence-corrected chi connectivity index (χ4v) is 3.60. The van der Waals surface area contributed by atoms with Crippen molar-refractivity contribution in [3.63, 3.8) is 0 Å². The molecule has 0 saturated heterocycles. The minimum absolute atomic E-state index is 0.420. The highest BCUT2D eigenvalue weighted by atomic mass is 32.1. The molecule has 0 fully saturated rings. The van der Waals surface area contributed by atoms with Crippen molar-refractivity contribution in [2.45, 2.75) is 46.6 Å². The van der Waals surface area contributed by atoms with E-state index in [9.17, 15) is 0 Å². The summed E-state index contributed by atoms with van der Waals surface area (Å²) >= 11 is 1.95. The Bertz CT molecular complexity index is 556. The average Bonchev–Trinajstić information content (AvgIpc) is 2.89. The first-order valence-corrected chi connectivity index (χ1v) is 8.33. The number of thiophene rings is 1. The lowest BCUT2D eigenvalue weighted by atomic mass is 9.96. The smallest absolute Gasteiger partial charge is 0.0371 e. The van der Waals surface area contributed by atoms with E-state index in [2.05, 4.69) is 63.3 Å². The van der Waals surface area contributed by atoms with Crippen LogP contribution in [-0.2, 0) is 12.8 Å². The van der Waals surface area contributed by atoms with Gasteiger partial charge in [0.1, 0.15) is 0 Å². The van der Waals surface area contributed by atoms with Crippen molar-refractivity contribution in [3.05, 3.63) is 56.8 Å². The third kappa shape index (κ3) is 3.71. The van der Waals surface area contributed by atoms with Gasteiger partial charge in [0.2, 0.25) is 0 Å². The molecule has 2 aromatic rings. The molecular weight excluding hydrogens is 262 g/mol. The van der Waals surface area contributed by atoms with Crippen LogP contribution < -0.4 is 5.32 Å². The summed E-state index contributed by atoms with van der Waals surface area (Å²) in [6.07, 6.45) is 2.23. The molecule has 0 aliphatic rings. The van der Waals surface area contributed by atoms with Crippen LogP contribution in [0.3, 0.4) is 0 Å². The summed E-state index contributed by atoms with van der Waals surface area (Å²) < 4.78 is 0. The van der Waals surface area contributed by atoms with E-state index < -0.39 is 0 Å². The van der Waals surface area contributed by atoms with E-state index >= 15 is 0 Å². The number of likely N-dealkylation sites (N-methyl/N-ethyl adjacent to an activating group) is 1. The molecule has 0 bridgehead atoms. The second kappa shape index (κ2) is 7.05. The molecule has 0 aliphatic carbocycles. The lowest BCUT2D eigenvalue weighted by Gasteiger charge is -2.20. The maximum atomic E-state index is 3.65. The first-order chi connectivity index (χ1) is 9.63. The van der Waals surface area contributed by atoms with Gasteiger partial charge in [0, 0.05) is 22.2 Å². The predicted molar refractivity (Wildman–Crippen MR) is 89.7 cm³/mol. The van der Waals surface area contributed by atoms with Gasteiger partial charge in [-0.15, -0.1) is 11.3 Å². The molecule has 20 heavy (non-hydrogen) atoms. The molecule has 0 aliphatic heterocycles. The Balaban J connectivity index is 2.23. The first-order valence-electron chi connectivity index (χ1n) is 7.52. The molecule has 0 amide bonds. The Morgan fingerprint density at radius 3 is 2.45 bits per heavy atom. The summed E-state index contributed by atoms with van der Waals surface area (Å²) in [5, 5.41) is 3.65. The maximum Gasteiger partial charge on any atom is 0.0371 e. The van der Waals surface area contributed by atoms with Crippen molar-refractivity contribution in [2.24, 2.45) is 0 Å². The molecule has 1 unspecified atom stereocenters. The summed E-state index contributed by atoms with van der Waals surface area (Å²) in [5.74, 6) is 0. The fourth-order valence-electron chi connectivity index (χ4n) is 2.60. The van der Waals surface area contributed by atoms with Crippen molar-refractivity contribution < 1.29 is 0 Å². The van der Waals surface area contributed by atoms with Gasteiger partial charge < -0.3 is 5.32 Å². The number of nitrogens with one attached hydrogen (secondary N) is 1. The molecule has 1 aromatic carbocycles. The van der Waals surface area contributed by atoms with Gasteiger partial charge in [0.05, 0.1) is 0 Å². The first kappa shape index (κ1) is 15.3. The highest BCUT2D eigenvalue weighted by molar-refractivity contribution is 7.11. The van der Waals surface area contributed by atoms with Gasteiger partial charge in [-0.1, -0.05) is 37.6 Å². The zero-order valence-corrected chi connectivity index (χ0v) is 13.8. The maximum absolute atomic E-state index is 3.65. The van der Waals surface area contributed by atoms with Crippen molar-refractivity contribution in [2.75, 3.05) is 6.54 Å². The van der Waals surface area contributed by atoms with Crippen LogP contribution in [0.1, 0.15) is 46.3 Å². The van der Waals surface area contributed by atoms with Crippen LogP contribution in [0.25, 0.3) is 0 Å². The number of hydrogen-bond acceptors (Lipinski definition) is 2. The standard InChI is InChI=1S/C18H25NS/c1-5-15-9-10-16(20-15)12-18(19-6-2)17-11-13(3)7-8-14(17)4/h7-11,18-19H,5-6,12H2,1-4H3. The van der Waals surface area contributed by atoms with Crippen LogP contribution in [-0.4, -0.2) is 6.54 Å². The SMILES string of the molecule is CCNC(Cc1ccc(CC)s1)c1cc(C)ccc1C. The Hall–Kier alpha value is -1.12. The zero-order chi connectivity index (χ0) is 14.5. The Morgan fingerprint density at radius 1 is 1.05 bits per heavy atom. The highest BCUT2D eigenvalue weighted by Crippen LogP contribution is 2.26. The highest BCUT2D eigenvalue weighted by Gasteiger charge is 2.14. The molecule has 1 aromatic heterocycles. The van der Waals surface area contributed by atoms with E-state index in [0.29, 0.717) is 6.04 Å². The minimum atomic E-state index is 0.420. The lowest BCUT2D eigenvalue weighted by Crippen LogP contribution is -2.23. The van der Waals surface area contributed by atoms with E-state index in [0.717, 1.165) is 19.4 Å². The molecule has 108 valence electrons. The van der Waals surface area contributed by atoms with Crippen LogP contribution in [0.15, 0.2) is 30.3 Å². The predicted octanol–water partition coefficient (Wildman–Crippen LogP) is 4.82. The Labute approximate surface area is 127 Å². The van der Waals surface area contributed by atoms with E-state index in [1.807, 2.05) is 11.3 Å². The van der Waals surface area contributed by atoms with Crippen molar-refractivity contribution in [1.29, 1.82) is 0 Å². The molecular formula is C18H25NS. The lowest BCUT2D eigenvalue weighted by molar-refractivity contribution is 0.550. The monoisotopic (exact) mass is 287 g/mol. The molecule has 1 atom stereocenters. The molecule has 0 spiro atoms. The molecule has 0 saturated carbocycles. The normalized spacial score (nSPS) is 12.6. The molecule has 1 heterocycles. The van der Waals surface area contributed by atoms with Crippen LogP contribution in [0.5, 0.6) is 0 Å². The van der Waals surface area contributed by atoms with Gasteiger partial charge in [0.25, 0.3) is 0 Å². The fraction of sp³-hybridized carbons (Fsp3) is 0.444. The van der Waals surface area contributed by atoms with E-state index in [-0.39, 0.29) is 0 Å². The molecule has 0 radical (unpaired) electrons. The van der Waals surface area contributed by atoms with Crippen LogP contribution in [0.4, 0.5) is 0 Å². The van der Waals surface area contributed by atoms with Gasteiger partial charge in [-0.3, -0.25) is 0 Å². The summed E-state index contributed by atoms with van der Waals surface area (Å²) in [6, 6.07) is 11.7. The van der Waals surface area contributed by atoms with Gasteiger partial charge in [-0.2, -0.15) is 0 Å². The van der Waals surface area contributed by atoms with E-state index in [1.54, 1.807) is 0 Å². The van der Waals surface area contributed by atoms with Crippen LogP contribution >= 0.6 is 11.3 Å². The van der Waals surface area contributed by atoms with Gasteiger partial charge in [0.15, 0.2) is 0 Å². The molecule has 1 nitrogen and oxygen atoms in total. The number of aryl methyl sites for hydroxylation is 3. The second-order valence-corrected chi connectivity index (χ2v) is 6.65. The third-order valence-corrected chi connectivity index (χ3v) is 4.98. The summed E-state index contributed by atoms with van der Waals surface area (Å²) in [5.41, 5.74) is 4.17. The topological polar surface area (TPSA) is 12.0 Å². The average molecular weight is 287 g/mol. The number of hydrogen-bond donors (Lipinski definition) is 1. The number of benzene rings is 1. The van der Waals surface area contributed by atoms with E-state index in [1.165, 1.54) is 26.4 Å². The van der Waals surface area contributed by atoms with Gasteiger partial charge in [-0.25, -0.2) is 0 Å². The molecule has 1 N–H and O–H groups in total. The van der Waals surface area contributed by atoms with Crippen molar-refractivity contribution >= 4 is 11.3 Å². The largest absolute Gasteiger partial charge is 0.310 e. The van der Waals surface area contributed by atoms with Crippen molar-refractivity contribution in [3.8, 4) is 0 Å². The second-order valence-electron chi connectivity index (χ2n) is 5.40. The van der Waals surface area contributed by atoms with Crippen LogP contribution in [0, 0.1) is 13.8 Å². The zero-order valence-electron chi connectivity index (χ0n) is 13.0. The van der Waals surface area contributed by atoms with Crippen LogP contribution in [0.2, 0.25) is 0 Å². The van der Waals surface area contributed by atoms with E-state index in [4.69, 9.17) is 0 Å². The summed E-state index contributed by atoms with van der Waals surface area (Å²) in [7, 11) is 0. The van der Waals surface area contributed by atoms with Gasteiger partial charge >= 0.3 is 0 Å². The quantitative estimate of drug-likeness (QED) is 0.803. The molecule has 2 heteroatoms. The van der Waals surface area contributed by atoms with Crippen molar-refractivity contribution in [1.82, 2.24) is 5.32 Å². The number of rotatable bonds is 6. The Kier molecular flexibility index (Phi) is 5.38. The third-order valence-electron chi connectivity index (χ3n) is 3.73. The summed E-state index contributed by atoms with van der Waals surface area (Å²) in [6.45, 7) is 9.80. The summed E-state index contributed by atoms with van der Waals surface area (Å²) in [4.78, 5) is 2.96. The molecule has 2 rings (SSSR count). The Morgan fingerprint density at radius 2 is 1.80 bits per heavy atom. The minimum Gasteiger partial charge on any atom is -0.310 e.